The second-order valence-electron chi connectivity index (χ2n) is 2.59. The van der Waals surface area contributed by atoms with E-state index in [1.54, 1.807) is 0 Å². The molecule has 0 saturated carbocycles. The molecule has 0 bridgehead atoms. The highest BCUT2D eigenvalue weighted by molar-refractivity contribution is 6.34. The smallest absolute Gasteiger partial charge is 0.144 e. The highest BCUT2D eigenvalue weighted by Crippen LogP contribution is 2.23. The maximum absolute atomic E-state index is 13.0. The van der Waals surface area contributed by atoms with Crippen molar-refractivity contribution in [3.8, 4) is 11.8 Å². The Kier molecular flexibility index (Phi) is 4.21. The second kappa shape index (κ2) is 5.21. The third kappa shape index (κ3) is 2.88. The zero-order valence-corrected chi connectivity index (χ0v) is 8.79. The lowest BCUT2D eigenvalue weighted by Gasteiger charge is -1.98. The summed E-state index contributed by atoms with van der Waals surface area (Å²) in [6.07, 6.45) is 0.546. The van der Waals surface area contributed by atoms with Crippen molar-refractivity contribution in [3.63, 3.8) is 0 Å². The topological polar surface area (TPSA) is 26.0 Å². The number of halogens is 3. The molecule has 74 valence electrons. The Balaban J connectivity index is 3.04. The molecule has 0 aliphatic carbocycles. The van der Waals surface area contributed by atoms with Gasteiger partial charge in [-0.1, -0.05) is 35.0 Å². The molecule has 1 rings (SSSR count). The molecule has 0 unspecified atom stereocenters. The Hall–Kier alpha value is -0.750. The fourth-order valence-electron chi connectivity index (χ4n) is 0.877. The first kappa shape index (κ1) is 11.3. The second-order valence-corrected chi connectivity index (χ2v) is 3.40. The van der Waals surface area contributed by atoms with Crippen molar-refractivity contribution in [2.24, 2.45) is 5.73 Å². The molecule has 1 nitrogen and oxygen atoms in total. The Labute approximate surface area is 92.0 Å². The van der Waals surface area contributed by atoms with Crippen LogP contribution < -0.4 is 5.73 Å². The van der Waals surface area contributed by atoms with Crippen LogP contribution in [-0.2, 0) is 0 Å². The van der Waals surface area contributed by atoms with E-state index in [4.69, 9.17) is 28.9 Å². The summed E-state index contributed by atoms with van der Waals surface area (Å²) in [6, 6.07) is 2.68. The summed E-state index contributed by atoms with van der Waals surface area (Å²) in [5.41, 5.74) is 5.65. The molecule has 0 amide bonds. The van der Waals surface area contributed by atoms with Crippen molar-refractivity contribution in [1.29, 1.82) is 0 Å². The van der Waals surface area contributed by atoms with Gasteiger partial charge >= 0.3 is 0 Å². The first-order valence-electron chi connectivity index (χ1n) is 3.98. The molecule has 4 heteroatoms. The minimum absolute atomic E-state index is 0.000999. The average Bonchev–Trinajstić information content (AvgIpc) is 2.13. The van der Waals surface area contributed by atoms with Gasteiger partial charge in [-0.05, 0) is 12.1 Å². The zero-order chi connectivity index (χ0) is 10.6. The summed E-state index contributed by atoms with van der Waals surface area (Å²) in [4.78, 5) is 0. The molecule has 0 atom stereocenters. The predicted molar refractivity (Wildman–Crippen MR) is 57.0 cm³/mol. The van der Waals surface area contributed by atoms with Gasteiger partial charge in [-0.15, -0.1) is 0 Å². The molecule has 0 saturated heterocycles. The predicted octanol–water partition coefficient (Wildman–Crippen LogP) is 2.83. The van der Waals surface area contributed by atoms with E-state index in [1.807, 2.05) is 0 Å². The molecule has 1 aromatic rings. The van der Waals surface area contributed by atoms with Gasteiger partial charge in [0.05, 0.1) is 5.02 Å². The summed E-state index contributed by atoms with van der Waals surface area (Å²) in [5, 5.41) is 0.280. The normalized spacial score (nSPS) is 9.43. The zero-order valence-electron chi connectivity index (χ0n) is 7.28. The van der Waals surface area contributed by atoms with E-state index in [0.717, 1.165) is 6.07 Å². The van der Waals surface area contributed by atoms with E-state index in [1.165, 1.54) is 6.07 Å². The van der Waals surface area contributed by atoms with Crippen LogP contribution in [0, 0.1) is 17.7 Å². The van der Waals surface area contributed by atoms with E-state index in [2.05, 4.69) is 11.8 Å². The Morgan fingerprint density at radius 2 is 2.07 bits per heavy atom. The van der Waals surface area contributed by atoms with E-state index < -0.39 is 5.82 Å². The third-order valence-electron chi connectivity index (χ3n) is 1.49. The number of hydrogen-bond donors (Lipinski definition) is 1. The van der Waals surface area contributed by atoms with Crippen LogP contribution in [0.1, 0.15) is 12.0 Å². The standard InChI is InChI=1S/C10H8Cl2FN/c11-8-5-7(3-1-2-4-14)10(12)9(13)6-8/h5-6H,2,4,14H2. The minimum atomic E-state index is -0.559. The number of benzene rings is 1. The van der Waals surface area contributed by atoms with Crippen LogP contribution >= 0.6 is 23.2 Å². The summed E-state index contributed by atoms with van der Waals surface area (Å²) in [5.74, 6) is 4.91. The van der Waals surface area contributed by atoms with E-state index in [0.29, 0.717) is 18.5 Å². The van der Waals surface area contributed by atoms with Crippen LogP contribution in [0.2, 0.25) is 10.0 Å². The molecule has 0 aliphatic heterocycles. The number of nitrogens with two attached hydrogens (primary N) is 1. The van der Waals surface area contributed by atoms with Crippen molar-refractivity contribution in [1.82, 2.24) is 0 Å². The van der Waals surface area contributed by atoms with Gasteiger partial charge < -0.3 is 5.73 Å². The third-order valence-corrected chi connectivity index (χ3v) is 2.09. The van der Waals surface area contributed by atoms with Crippen LogP contribution in [0.15, 0.2) is 12.1 Å². The fourth-order valence-corrected chi connectivity index (χ4v) is 1.24. The molecule has 0 fully saturated rings. The average molecular weight is 232 g/mol. The van der Waals surface area contributed by atoms with Gasteiger partial charge in [-0.3, -0.25) is 0 Å². The van der Waals surface area contributed by atoms with Crippen molar-refractivity contribution >= 4 is 23.2 Å². The lowest BCUT2D eigenvalue weighted by Crippen LogP contribution is -1.95. The van der Waals surface area contributed by atoms with Crippen LogP contribution in [0.25, 0.3) is 0 Å². The van der Waals surface area contributed by atoms with E-state index in [9.17, 15) is 4.39 Å². The summed E-state index contributed by atoms with van der Waals surface area (Å²) in [6.45, 7) is 0.466. The van der Waals surface area contributed by atoms with Crippen molar-refractivity contribution < 1.29 is 4.39 Å². The first-order valence-corrected chi connectivity index (χ1v) is 4.74. The quantitative estimate of drug-likeness (QED) is 0.584. The van der Waals surface area contributed by atoms with E-state index in [-0.39, 0.29) is 10.0 Å². The molecular weight excluding hydrogens is 224 g/mol. The molecule has 0 radical (unpaired) electrons. The van der Waals surface area contributed by atoms with Gasteiger partial charge in [0, 0.05) is 23.6 Å². The fraction of sp³-hybridized carbons (Fsp3) is 0.200. The monoisotopic (exact) mass is 231 g/mol. The molecule has 14 heavy (non-hydrogen) atoms. The Bertz CT molecular complexity index is 393. The number of rotatable bonds is 1. The van der Waals surface area contributed by atoms with Crippen molar-refractivity contribution in [2.45, 2.75) is 6.42 Å². The Morgan fingerprint density at radius 3 is 2.71 bits per heavy atom. The van der Waals surface area contributed by atoms with Crippen molar-refractivity contribution in [2.75, 3.05) is 6.54 Å². The number of hydrogen-bond acceptors (Lipinski definition) is 1. The van der Waals surface area contributed by atoms with Gasteiger partial charge in [0.15, 0.2) is 0 Å². The Morgan fingerprint density at radius 1 is 1.36 bits per heavy atom. The lowest BCUT2D eigenvalue weighted by atomic mass is 10.2. The van der Waals surface area contributed by atoms with Crippen molar-refractivity contribution in [3.05, 3.63) is 33.6 Å². The van der Waals surface area contributed by atoms with Gasteiger partial charge in [0.25, 0.3) is 0 Å². The van der Waals surface area contributed by atoms with Crippen LogP contribution in [0.3, 0.4) is 0 Å². The maximum Gasteiger partial charge on any atom is 0.144 e. The minimum Gasteiger partial charge on any atom is -0.330 e. The SMILES string of the molecule is NCCC#Cc1cc(Cl)cc(F)c1Cl. The highest BCUT2D eigenvalue weighted by atomic mass is 35.5. The highest BCUT2D eigenvalue weighted by Gasteiger charge is 2.05. The molecule has 0 heterocycles. The largest absolute Gasteiger partial charge is 0.330 e. The summed E-state index contributed by atoms with van der Waals surface area (Å²) >= 11 is 11.3. The van der Waals surface area contributed by atoms with Gasteiger partial charge in [-0.25, -0.2) is 4.39 Å². The molecule has 0 aliphatic rings. The van der Waals surface area contributed by atoms with Gasteiger partial charge in [-0.2, -0.15) is 0 Å². The molecular formula is C10H8Cl2FN. The molecule has 2 N–H and O–H groups in total. The van der Waals surface area contributed by atoms with Crippen LogP contribution in [-0.4, -0.2) is 6.54 Å². The van der Waals surface area contributed by atoms with E-state index >= 15 is 0 Å². The van der Waals surface area contributed by atoms with Crippen LogP contribution in [0.4, 0.5) is 4.39 Å². The molecule has 1 aromatic carbocycles. The van der Waals surface area contributed by atoms with Gasteiger partial charge in [0.1, 0.15) is 5.82 Å². The summed E-state index contributed by atoms with van der Waals surface area (Å²) in [7, 11) is 0. The maximum atomic E-state index is 13.0. The molecule has 0 aromatic heterocycles. The molecule has 0 spiro atoms. The first-order chi connectivity index (χ1) is 6.65. The summed E-state index contributed by atoms with van der Waals surface area (Å²) < 4.78 is 13.0. The lowest BCUT2D eigenvalue weighted by molar-refractivity contribution is 0.628. The van der Waals surface area contributed by atoms with Crippen LogP contribution in [0.5, 0.6) is 0 Å². The van der Waals surface area contributed by atoms with Gasteiger partial charge in [0.2, 0.25) is 0 Å².